The zero-order valence-corrected chi connectivity index (χ0v) is 14.9. The molecular formula is C19H22N2O3S. The summed E-state index contributed by atoms with van der Waals surface area (Å²) in [4.78, 5) is 0.224. The van der Waals surface area contributed by atoms with Crippen LogP contribution in [0.2, 0.25) is 0 Å². The Morgan fingerprint density at radius 3 is 2.36 bits per heavy atom. The molecule has 2 aromatic carbocycles. The third kappa shape index (κ3) is 4.55. The zero-order valence-electron chi connectivity index (χ0n) is 14.1. The first-order chi connectivity index (χ1) is 12.0. The van der Waals surface area contributed by atoms with E-state index in [0.717, 1.165) is 11.1 Å². The van der Waals surface area contributed by atoms with Gasteiger partial charge in [0, 0.05) is 19.2 Å². The van der Waals surface area contributed by atoms with Crippen molar-refractivity contribution in [2.24, 2.45) is 5.16 Å². The van der Waals surface area contributed by atoms with Crippen LogP contribution in [0.25, 0.3) is 0 Å². The van der Waals surface area contributed by atoms with Gasteiger partial charge in [-0.25, -0.2) is 8.42 Å². The SMILES string of the molecule is C=CCN(C(C/C=N/O)c1ccccc1)S(=O)(=O)c1ccc(C)cc1. The van der Waals surface area contributed by atoms with Crippen LogP contribution in [-0.2, 0) is 10.0 Å². The molecule has 0 aliphatic heterocycles. The Morgan fingerprint density at radius 1 is 1.16 bits per heavy atom. The summed E-state index contributed by atoms with van der Waals surface area (Å²) in [5.74, 6) is 0. The van der Waals surface area contributed by atoms with Crippen molar-refractivity contribution in [2.75, 3.05) is 6.54 Å². The van der Waals surface area contributed by atoms with E-state index < -0.39 is 16.1 Å². The van der Waals surface area contributed by atoms with Crippen molar-refractivity contribution in [3.63, 3.8) is 0 Å². The van der Waals surface area contributed by atoms with E-state index in [0.29, 0.717) is 0 Å². The van der Waals surface area contributed by atoms with Gasteiger partial charge in [0.2, 0.25) is 10.0 Å². The molecule has 2 aromatic rings. The molecule has 0 spiro atoms. The van der Waals surface area contributed by atoms with Crippen molar-refractivity contribution >= 4 is 16.2 Å². The van der Waals surface area contributed by atoms with Gasteiger partial charge in [0.1, 0.15) is 0 Å². The molecule has 0 bridgehead atoms. The van der Waals surface area contributed by atoms with Crippen molar-refractivity contribution in [3.05, 3.63) is 78.4 Å². The number of nitrogens with zero attached hydrogens (tertiary/aromatic N) is 2. The number of sulfonamides is 1. The summed E-state index contributed by atoms with van der Waals surface area (Å²) in [6.45, 7) is 5.74. The lowest BCUT2D eigenvalue weighted by Gasteiger charge is -2.29. The van der Waals surface area contributed by atoms with Crippen LogP contribution in [-0.4, -0.2) is 30.7 Å². The quantitative estimate of drug-likeness (QED) is 0.338. The van der Waals surface area contributed by atoms with Crippen LogP contribution in [0.1, 0.15) is 23.6 Å². The van der Waals surface area contributed by atoms with E-state index in [-0.39, 0.29) is 17.9 Å². The van der Waals surface area contributed by atoms with Gasteiger partial charge >= 0.3 is 0 Å². The Bertz CT molecular complexity index is 816. The fraction of sp³-hybridized carbons (Fsp3) is 0.211. The predicted octanol–water partition coefficient (Wildman–Crippen LogP) is 3.76. The highest BCUT2D eigenvalue weighted by molar-refractivity contribution is 7.89. The first kappa shape index (κ1) is 18.9. The lowest BCUT2D eigenvalue weighted by molar-refractivity contribution is 0.314. The first-order valence-electron chi connectivity index (χ1n) is 7.91. The highest BCUT2D eigenvalue weighted by atomic mass is 32.2. The molecule has 132 valence electrons. The van der Waals surface area contributed by atoms with Gasteiger partial charge in [0.05, 0.1) is 10.9 Å². The standard InChI is InChI=1S/C19H22N2O3S/c1-3-15-21(25(23,24)18-11-9-16(2)10-12-18)19(13-14-20-22)17-7-5-4-6-8-17/h3-12,14,19,22H,1,13,15H2,2H3/b20-14+. The van der Waals surface area contributed by atoms with Gasteiger partial charge in [-0.3, -0.25) is 0 Å². The minimum absolute atomic E-state index is 0.148. The maximum atomic E-state index is 13.2. The number of benzene rings is 2. The van der Waals surface area contributed by atoms with Gasteiger partial charge in [0.25, 0.3) is 0 Å². The molecule has 0 radical (unpaired) electrons. The summed E-state index contributed by atoms with van der Waals surface area (Å²) < 4.78 is 27.7. The van der Waals surface area contributed by atoms with Crippen molar-refractivity contribution in [3.8, 4) is 0 Å². The van der Waals surface area contributed by atoms with Crippen LogP contribution >= 0.6 is 0 Å². The van der Waals surface area contributed by atoms with Crippen LogP contribution < -0.4 is 0 Å². The number of hydrogen-bond acceptors (Lipinski definition) is 4. The Hall–Kier alpha value is -2.44. The molecule has 6 heteroatoms. The average molecular weight is 358 g/mol. The molecule has 0 saturated heterocycles. The third-order valence-corrected chi connectivity index (χ3v) is 5.77. The minimum atomic E-state index is -3.74. The normalized spacial score (nSPS) is 13.2. The average Bonchev–Trinajstić information content (AvgIpc) is 2.62. The van der Waals surface area contributed by atoms with Gasteiger partial charge in [-0.05, 0) is 24.6 Å². The molecule has 25 heavy (non-hydrogen) atoms. The highest BCUT2D eigenvalue weighted by Crippen LogP contribution is 2.30. The summed E-state index contributed by atoms with van der Waals surface area (Å²) >= 11 is 0. The second kappa shape index (κ2) is 8.60. The van der Waals surface area contributed by atoms with E-state index in [4.69, 9.17) is 5.21 Å². The number of rotatable bonds is 8. The predicted molar refractivity (Wildman–Crippen MR) is 99.3 cm³/mol. The van der Waals surface area contributed by atoms with E-state index in [1.165, 1.54) is 10.5 Å². The number of aryl methyl sites for hydroxylation is 1. The maximum absolute atomic E-state index is 13.2. The van der Waals surface area contributed by atoms with Crippen LogP contribution in [0.5, 0.6) is 0 Å². The van der Waals surface area contributed by atoms with Crippen LogP contribution in [0.4, 0.5) is 0 Å². The lowest BCUT2D eigenvalue weighted by atomic mass is 10.0. The Kier molecular flexibility index (Phi) is 6.50. The van der Waals surface area contributed by atoms with E-state index in [2.05, 4.69) is 11.7 Å². The molecule has 1 N–H and O–H groups in total. The molecule has 0 saturated carbocycles. The van der Waals surface area contributed by atoms with Crippen molar-refractivity contribution in [2.45, 2.75) is 24.3 Å². The van der Waals surface area contributed by atoms with E-state index in [1.807, 2.05) is 37.3 Å². The van der Waals surface area contributed by atoms with E-state index >= 15 is 0 Å². The lowest BCUT2D eigenvalue weighted by Crippen LogP contribution is -2.35. The zero-order chi connectivity index (χ0) is 18.3. The molecule has 5 nitrogen and oxygen atoms in total. The molecular weight excluding hydrogens is 336 g/mol. The van der Waals surface area contributed by atoms with Crippen LogP contribution in [0, 0.1) is 6.92 Å². The molecule has 0 fully saturated rings. The van der Waals surface area contributed by atoms with Gasteiger partial charge in [0.15, 0.2) is 0 Å². The van der Waals surface area contributed by atoms with Gasteiger partial charge in [-0.15, -0.1) is 11.7 Å². The Balaban J connectivity index is 2.51. The summed E-state index contributed by atoms with van der Waals surface area (Å²) in [6, 6.07) is 15.5. The molecule has 1 atom stereocenters. The Morgan fingerprint density at radius 2 is 1.80 bits per heavy atom. The maximum Gasteiger partial charge on any atom is 0.243 e. The first-order valence-corrected chi connectivity index (χ1v) is 9.35. The van der Waals surface area contributed by atoms with E-state index in [1.54, 1.807) is 30.3 Å². The molecule has 0 aromatic heterocycles. The number of oxime groups is 1. The van der Waals surface area contributed by atoms with Crippen molar-refractivity contribution in [1.82, 2.24) is 4.31 Å². The van der Waals surface area contributed by atoms with Crippen molar-refractivity contribution < 1.29 is 13.6 Å². The summed E-state index contributed by atoms with van der Waals surface area (Å²) in [5, 5.41) is 11.8. The van der Waals surface area contributed by atoms with Gasteiger partial charge in [-0.2, -0.15) is 4.31 Å². The molecule has 1 unspecified atom stereocenters. The monoisotopic (exact) mass is 358 g/mol. The fourth-order valence-corrected chi connectivity index (χ4v) is 4.20. The Labute approximate surface area is 149 Å². The molecule has 2 rings (SSSR count). The molecule has 0 heterocycles. The molecule has 0 aliphatic rings. The largest absolute Gasteiger partial charge is 0.411 e. The second-order valence-corrected chi connectivity index (χ2v) is 7.53. The topological polar surface area (TPSA) is 70.0 Å². The third-order valence-electron chi connectivity index (χ3n) is 3.88. The smallest absolute Gasteiger partial charge is 0.243 e. The highest BCUT2D eigenvalue weighted by Gasteiger charge is 2.31. The van der Waals surface area contributed by atoms with Crippen molar-refractivity contribution in [1.29, 1.82) is 0 Å². The summed E-state index contributed by atoms with van der Waals surface area (Å²) in [5.41, 5.74) is 1.81. The number of hydrogen-bond donors (Lipinski definition) is 1. The molecule has 0 amide bonds. The van der Waals surface area contributed by atoms with Crippen LogP contribution in [0.3, 0.4) is 0 Å². The second-order valence-electron chi connectivity index (χ2n) is 5.64. The fourth-order valence-electron chi connectivity index (χ4n) is 2.61. The summed E-state index contributed by atoms with van der Waals surface area (Å²) in [6.07, 6.45) is 3.11. The van der Waals surface area contributed by atoms with Gasteiger partial charge < -0.3 is 5.21 Å². The minimum Gasteiger partial charge on any atom is -0.411 e. The van der Waals surface area contributed by atoms with Gasteiger partial charge in [-0.1, -0.05) is 54.1 Å². The summed E-state index contributed by atoms with van der Waals surface area (Å²) in [7, 11) is -3.74. The van der Waals surface area contributed by atoms with Crippen LogP contribution in [0.15, 0.2) is 77.3 Å². The van der Waals surface area contributed by atoms with E-state index in [9.17, 15) is 8.42 Å². The molecule has 0 aliphatic carbocycles.